The zero-order valence-electron chi connectivity index (χ0n) is 11.7. The standard InChI is InChI=1S/C13H21NO3S.ClH/c1-5-18(16,17)11-7-10(13(2,3)4)6-9(8-14)12(11)15;/h6-7,15H,5,8,14H2,1-4H3;1H. The molecule has 0 atom stereocenters. The van der Waals surface area contributed by atoms with Gasteiger partial charge in [-0.3, -0.25) is 0 Å². The molecule has 0 spiro atoms. The van der Waals surface area contributed by atoms with Gasteiger partial charge in [0.1, 0.15) is 10.6 Å². The Morgan fingerprint density at radius 3 is 2.16 bits per heavy atom. The summed E-state index contributed by atoms with van der Waals surface area (Å²) in [6.45, 7) is 7.63. The van der Waals surface area contributed by atoms with E-state index in [2.05, 4.69) is 0 Å². The Balaban J connectivity index is 0.00000324. The average Bonchev–Trinajstić information content (AvgIpc) is 2.27. The quantitative estimate of drug-likeness (QED) is 0.898. The van der Waals surface area contributed by atoms with E-state index >= 15 is 0 Å². The van der Waals surface area contributed by atoms with Crippen LogP contribution >= 0.6 is 12.4 Å². The van der Waals surface area contributed by atoms with Crippen molar-refractivity contribution in [3.05, 3.63) is 23.3 Å². The second kappa shape index (κ2) is 6.11. The van der Waals surface area contributed by atoms with Gasteiger partial charge in [-0.15, -0.1) is 12.4 Å². The van der Waals surface area contributed by atoms with Crippen molar-refractivity contribution in [2.45, 2.75) is 44.6 Å². The van der Waals surface area contributed by atoms with E-state index in [0.717, 1.165) is 5.56 Å². The van der Waals surface area contributed by atoms with Crippen LogP contribution < -0.4 is 5.73 Å². The maximum absolute atomic E-state index is 12.0. The summed E-state index contributed by atoms with van der Waals surface area (Å²) in [7, 11) is -3.45. The monoisotopic (exact) mass is 307 g/mol. The first-order valence-electron chi connectivity index (χ1n) is 5.92. The minimum absolute atomic E-state index is 0. The van der Waals surface area contributed by atoms with Gasteiger partial charge in [-0.1, -0.05) is 33.8 Å². The van der Waals surface area contributed by atoms with Crippen LogP contribution in [0.15, 0.2) is 17.0 Å². The van der Waals surface area contributed by atoms with Crippen LogP contribution in [-0.2, 0) is 21.8 Å². The molecule has 110 valence electrons. The van der Waals surface area contributed by atoms with E-state index in [9.17, 15) is 13.5 Å². The van der Waals surface area contributed by atoms with Gasteiger partial charge in [0.05, 0.1) is 5.75 Å². The molecule has 0 aromatic heterocycles. The Morgan fingerprint density at radius 1 is 1.26 bits per heavy atom. The molecule has 0 saturated heterocycles. The number of sulfone groups is 1. The minimum Gasteiger partial charge on any atom is -0.506 e. The molecule has 0 fully saturated rings. The first kappa shape index (κ1) is 18.2. The van der Waals surface area contributed by atoms with Gasteiger partial charge >= 0.3 is 0 Å². The number of benzene rings is 1. The molecular weight excluding hydrogens is 286 g/mol. The van der Waals surface area contributed by atoms with Crippen molar-refractivity contribution >= 4 is 22.2 Å². The summed E-state index contributed by atoms with van der Waals surface area (Å²) in [5.41, 5.74) is 6.68. The van der Waals surface area contributed by atoms with E-state index in [0.29, 0.717) is 5.56 Å². The normalized spacial score (nSPS) is 12.1. The van der Waals surface area contributed by atoms with E-state index in [-0.39, 0.29) is 40.8 Å². The third-order valence-electron chi connectivity index (χ3n) is 2.95. The van der Waals surface area contributed by atoms with Crippen molar-refractivity contribution in [3.8, 4) is 5.75 Å². The lowest BCUT2D eigenvalue weighted by Gasteiger charge is -2.22. The molecule has 0 amide bonds. The van der Waals surface area contributed by atoms with Crippen LogP contribution in [0.1, 0.15) is 38.8 Å². The van der Waals surface area contributed by atoms with Crippen LogP contribution in [0.2, 0.25) is 0 Å². The number of halogens is 1. The van der Waals surface area contributed by atoms with Crippen LogP contribution in [0.4, 0.5) is 0 Å². The van der Waals surface area contributed by atoms with Crippen molar-refractivity contribution in [2.75, 3.05) is 5.75 Å². The molecule has 4 nitrogen and oxygen atoms in total. The van der Waals surface area contributed by atoms with Crippen molar-refractivity contribution in [1.82, 2.24) is 0 Å². The first-order chi connectivity index (χ1) is 8.13. The third kappa shape index (κ3) is 3.84. The molecule has 0 radical (unpaired) electrons. The molecule has 3 N–H and O–H groups in total. The molecule has 1 rings (SSSR count). The van der Waals surface area contributed by atoms with Gasteiger partial charge in [-0.25, -0.2) is 8.42 Å². The lowest BCUT2D eigenvalue weighted by Crippen LogP contribution is -2.15. The highest BCUT2D eigenvalue weighted by atomic mass is 35.5. The Bertz CT molecular complexity index is 548. The second-order valence-electron chi connectivity index (χ2n) is 5.34. The highest BCUT2D eigenvalue weighted by molar-refractivity contribution is 7.91. The molecule has 0 unspecified atom stereocenters. The number of phenolic OH excluding ortho intramolecular Hbond substituents is 1. The molecule has 0 saturated carbocycles. The van der Waals surface area contributed by atoms with Crippen LogP contribution in [0.3, 0.4) is 0 Å². The fraction of sp³-hybridized carbons (Fsp3) is 0.538. The molecule has 19 heavy (non-hydrogen) atoms. The Hall–Kier alpha value is -0.780. The summed E-state index contributed by atoms with van der Waals surface area (Å²) in [5, 5.41) is 9.99. The number of hydrogen-bond acceptors (Lipinski definition) is 4. The Morgan fingerprint density at radius 2 is 1.79 bits per heavy atom. The molecule has 1 aromatic rings. The predicted molar refractivity (Wildman–Crippen MR) is 79.7 cm³/mol. The topological polar surface area (TPSA) is 80.4 Å². The van der Waals surface area contributed by atoms with Gasteiger partial charge in [0.25, 0.3) is 0 Å². The lowest BCUT2D eigenvalue weighted by molar-refractivity contribution is 0.449. The van der Waals surface area contributed by atoms with Crippen LogP contribution in [-0.4, -0.2) is 19.3 Å². The van der Waals surface area contributed by atoms with Gasteiger partial charge in [-0.05, 0) is 17.0 Å². The van der Waals surface area contributed by atoms with Crippen molar-refractivity contribution in [1.29, 1.82) is 0 Å². The number of nitrogens with two attached hydrogens (primary N) is 1. The maximum atomic E-state index is 12.0. The molecule has 0 bridgehead atoms. The molecular formula is C13H22ClNO3S. The fourth-order valence-electron chi connectivity index (χ4n) is 1.65. The van der Waals surface area contributed by atoms with Gasteiger partial charge in [0, 0.05) is 12.1 Å². The Kier molecular flexibility index (Phi) is 5.86. The van der Waals surface area contributed by atoms with Gasteiger partial charge in [0.15, 0.2) is 9.84 Å². The molecule has 0 aliphatic carbocycles. The summed E-state index contributed by atoms with van der Waals surface area (Å²) in [4.78, 5) is -0.0159. The molecule has 0 aliphatic rings. The third-order valence-corrected chi connectivity index (χ3v) is 4.70. The first-order valence-corrected chi connectivity index (χ1v) is 7.58. The highest BCUT2D eigenvalue weighted by Crippen LogP contribution is 2.34. The van der Waals surface area contributed by atoms with E-state index < -0.39 is 9.84 Å². The molecule has 1 aromatic carbocycles. The van der Waals surface area contributed by atoms with E-state index in [1.165, 1.54) is 0 Å². The maximum Gasteiger partial charge on any atom is 0.181 e. The number of rotatable bonds is 3. The predicted octanol–water partition coefficient (Wildman–Crippen LogP) is 2.36. The number of hydrogen-bond donors (Lipinski definition) is 2. The van der Waals surface area contributed by atoms with E-state index in [1.807, 2.05) is 20.8 Å². The lowest BCUT2D eigenvalue weighted by atomic mass is 9.86. The second-order valence-corrected chi connectivity index (χ2v) is 7.59. The summed E-state index contributed by atoms with van der Waals surface area (Å²) in [5.74, 6) is -0.259. The van der Waals surface area contributed by atoms with E-state index in [4.69, 9.17) is 5.73 Å². The average molecular weight is 308 g/mol. The minimum atomic E-state index is -3.45. The number of phenols is 1. The summed E-state index contributed by atoms with van der Waals surface area (Å²) in [6.07, 6.45) is 0. The molecule has 6 heteroatoms. The number of aromatic hydroxyl groups is 1. The smallest absolute Gasteiger partial charge is 0.181 e. The van der Waals surface area contributed by atoms with Crippen molar-refractivity contribution < 1.29 is 13.5 Å². The van der Waals surface area contributed by atoms with Gasteiger partial charge in [0.2, 0.25) is 0 Å². The van der Waals surface area contributed by atoms with Crippen LogP contribution in [0.5, 0.6) is 5.75 Å². The van der Waals surface area contributed by atoms with Crippen molar-refractivity contribution in [2.24, 2.45) is 5.73 Å². The van der Waals surface area contributed by atoms with Crippen molar-refractivity contribution in [3.63, 3.8) is 0 Å². The Labute approximate surface area is 121 Å². The fourth-order valence-corrected chi connectivity index (χ4v) is 2.69. The zero-order valence-corrected chi connectivity index (χ0v) is 13.4. The van der Waals surface area contributed by atoms with E-state index in [1.54, 1.807) is 19.1 Å². The molecule has 0 heterocycles. The SMILES string of the molecule is CCS(=O)(=O)c1cc(C(C)(C)C)cc(CN)c1O.Cl. The zero-order chi connectivity index (χ0) is 14.1. The summed E-state index contributed by atoms with van der Waals surface area (Å²) >= 11 is 0. The van der Waals surface area contributed by atoms with Crippen LogP contribution in [0.25, 0.3) is 0 Å². The van der Waals surface area contributed by atoms with Gasteiger partial charge in [-0.2, -0.15) is 0 Å². The van der Waals surface area contributed by atoms with Crippen LogP contribution in [0, 0.1) is 0 Å². The highest BCUT2D eigenvalue weighted by Gasteiger charge is 2.24. The molecule has 0 aliphatic heterocycles. The van der Waals surface area contributed by atoms with Gasteiger partial charge < -0.3 is 10.8 Å². The largest absolute Gasteiger partial charge is 0.506 e. The summed E-state index contributed by atoms with van der Waals surface area (Å²) in [6, 6.07) is 3.32. The summed E-state index contributed by atoms with van der Waals surface area (Å²) < 4.78 is 23.9.